The summed E-state index contributed by atoms with van der Waals surface area (Å²) >= 11 is 6.44. The van der Waals surface area contributed by atoms with Crippen molar-refractivity contribution in [2.45, 2.75) is 38.3 Å². The molecule has 2 unspecified atom stereocenters. The molecular weight excluding hydrogens is 448 g/mol. The number of nitrogens with zero attached hydrogens (tertiary/aromatic N) is 1. The normalized spacial score (nSPS) is 25.5. The van der Waals surface area contributed by atoms with Crippen LogP contribution in [0.2, 0.25) is 5.02 Å². The van der Waals surface area contributed by atoms with E-state index in [-0.39, 0.29) is 27.6 Å². The minimum absolute atomic E-state index is 0.112. The third kappa shape index (κ3) is 3.88. The molecule has 3 aliphatic rings. The number of rotatable bonds is 6. The van der Waals surface area contributed by atoms with Crippen LogP contribution in [-0.2, 0) is 9.53 Å². The molecule has 1 aromatic carbocycles. The van der Waals surface area contributed by atoms with E-state index in [0.717, 1.165) is 32.0 Å². The van der Waals surface area contributed by atoms with Crippen molar-refractivity contribution in [3.05, 3.63) is 28.4 Å². The van der Waals surface area contributed by atoms with Crippen molar-refractivity contribution < 1.29 is 28.5 Å². The van der Waals surface area contributed by atoms with Gasteiger partial charge in [0.15, 0.2) is 5.75 Å². The highest BCUT2D eigenvalue weighted by Crippen LogP contribution is 2.52. The number of halogens is 1. The van der Waals surface area contributed by atoms with Crippen molar-refractivity contribution in [2.75, 3.05) is 47.1 Å². The lowest BCUT2D eigenvalue weighted by Gasteiger charge is -2.42. The second-order valence-electron chi connectivity index (χ2n) is 9.37. The smallest absolute Gasteiger partial charge is 0.236 e. The minimum atomic E-state index is -1.66. The largest absolute Gasteiger partial charge is 0.496 e. The minimum Gasteiger partial charge on any atom is -0.496 e. The molecule has 33 heavy (non-hydrogen) atoms. The number of Topliss-reactive ketones (excluding diaryl/α,β-unsaturated/α-hetero) is 1. The van der Waals surface area contributed by atoms with Gasteiger partial charge in [-0.3, -0.25) is 14.5 Å². The van der Waals surface area contributed by atoms with Crippen molar-refractivity contribution in [1.82, 2.24) is 10.2 Å². The molecule has 1 fully saturated rings. The average Bonchev–Trinajstić information content (AvgIpc) is 3.12. The van der Waals surface area contributed by atoms with Crippen molar-refractivity contribution in [3.8, 4) is 17.2 Å². The second kappa shape index (κ2) is 8.81. The Hall–Kier alpha value is -2.29. The van der Waals surface area contributed by atoms with Crippen LogP contribution in [0.4, 0.5) is 0 Å². The fourth-order valence-corrected chi connectivity index (χ4v) is 5.13. The van der Waals surface area contributed by atoms with Crippen LogP contribution < -0.4 is 19.5 Å². The Morgan fingerprint density at radius 2 is 1.88 bits per heavy atom. The van der Waals surface area contributed by atoms with Gasteiger partial charge in [-0.1, -0.05) is 18.5 Å². The zero-order chi connectivity index (χ0) is 24.0. The molecule has 2 atom stereocenters. The molecule has 0 bridgehead atoms. The zero-order valence-electron chi connectivity index (χ0n) is 19.7. The monoisotopic (exact) mass is 478 g/mol. The number of methoxy groups -OCH3 is 2. The molecule has 1 aromatic rings. The first-order chi connectivity index (χ1) is 15.7. The van der Waals surface area contributed by atoms with Crippen molar-refractivity contribution in [2.24, 2.45) is 5.92 Å². The molecule has 1 N–H and O–H groups in total. The van der Waals surface area contributed by atoms with E-state index >= 15 is 0 Å². The van der Waals surface area contributed by atoms with Crippen molar-refractivity contribution in [1.29, 1.82) is 0 Å². The zero-order valence-corrected chi connectivity index (χ0v) is 20.5. The number of carbonyl (C=O) groups excluding carboxylic acids is 2. The van der Waals surface area contributed by atoms with Gasteiger partial charge in [-0.2, -0.15) is 0 Å². The molecular formula is C24H31ClN2O6. The van der Waals surface area contributed by atoms with E-state index in [1.54, 1.807) is 0 Å². The van der Waals surface area contributed by atoms with Gasteiger partial charge in [0, 0.05) is 48.9 Å². The van der Waals surface area contributed by atoms with Gasteiger partial charge < -0.3 is 24.3 Å². The quantitative estimate of drug-likeness (QED) is 0.625. The first-order valence-electron chi connectivity index (χ1n) is 11.2. The summed E-state index contributed by atoms with van der Waals surface area (Å²) < 4.78 is 22.2. The molecule has 0 amide bonds. The SMILES string of the molecule is COc1cc(OC)c2c(c1Cl)OC1(C(=O)C=C(NCC(C)(C)N3CCOCC3)CC1C)C2=O. The lowest BCUT2D eigenvalue weighted by atomic mass is 9.74. The van der Waals surface area contributed by atoms with Gasteiger partial charge in [-0.25, -0.2) is 0 Å². The maximum absolute atomic E-state index is 13.6. The van der Waals surface area contributed by atoms with E-state index in [1.807, 2.05) is 6.92 Å². The number of ether oxygens (including phenoxy) is 4. The van der Waals surface area contributed by atoms with Crippen LogP contribution in [0.15, 0.2) is 17.8 Å². The molecule has 0 saturated carbocycles. The molecule has 4 rings (SSSR count). The van der Waals surface area contributed by atoms with Gasteiger partial charge in [0.25, 0.3) is 0 Å². The van der Waals surface area contributed by atoms with Crippen LogP contribution in [0.3, 0.4) is 0 Å². The summed E-state index contributed by atoms with van der Waals surface area (Å²) in [5.41, 5.74) is -0.792. The van der Waals surface area contributed by atoms with Gasteiger partial charge in [0.1, 0.15) is 22.1 Å². The van der Waals surface area contributed by atoms with E-state index in [0.29, 0.717) is 18.7 Å². The standard InChI is InChI=1S/C24H31ClN2O6/c1-14-10-15(26-13-23(2,3)27-6-8-32-9-7-27)11-18(28)24(14)22(29)19-16(30-4)12-17(31-5)20(25)21(19)33-24/h11-12,14,26H,6-10,13H2,1-5H3. The van der Waals surface area contributed by atoms with E-state index in [2.05, 4.69) is 24.1 Å². The molecule has 8 nitrogen and oxygen atoms in total. The first kappa shape index (κ1) is 23.9. The lowest BCUT2D eigenvalue weighted by molar-refractivity contribution is -0.129. The molecule has 9 heteroatoms. The third-order valence-corrected chi connectivity index (χ3v) is 7.28. The Kier molecular flexibility index (Phi) is 6.37. The Labute approximate surface area is 199 Å². The molecule has 2 aliphatic heterocycles. The second-order valence-corrected chi connectivity index (χ2v) is 9.75. The summed E-state index contributed by atoms with van der Waals surface area (Å²) in [6, 6.07) is 1.54. The summed E-state index contributed by atoms with van der Waals surface area (Å²) in [7, 11) is 2.92. The number of carbonyl (C=O) groups is 2. The summed E-state index contributed by atoms with van der Waals surface area (Å²) in [6.45, 7) is 10.0. The van der Waals surface area contributed by atoms with Crippen LogP contribution in [-0.4, -0.2) is 74.7 Å². The predicted octanol–water partition coefficient (Wildman–Crippen LogP) is 2.86. The number of benzene rings is 1. The summed E-state index contributed by atoms with van der Waals surface area (Å²) in [4.78, 5) is 29.3. The number of fused-ring (bicyclic) bond motifs is 1. The molecule has 180 valence electrons. The third-order valence-electron chi connectivity index (χ3n) is 6.93. The van der Waals surface area contributed by atoms with Crippen LogP contribution in [0.5, 0.6) is 17.2 Å². The predicted molar refractivity (Wildman–Crippen MR) is 124 cm³/mol. The van der Waals surface area contributed by atoms with Crippen LogP contribution in [0.1, 0.15) is 37.6 Å². The van der Waals surface area contributed by atoms with Crippen LogP contribution >= 0.6 is 11.6 Å². The van der Waals surface area contributed by atoms with E-state index in [9.17, 15) is 9.59 Å². The Bertz CT molecular complexity index is 1000. The molecule has 2 heterocycles. The Morgan fingerprint density at radius 3 is 2.48 bits per heavy atom. The Morgan fingerprint density at radius 1 is 1.21 bits per heavy atom. The fourth-order valence-electron chi connectivity index (χ4n) is 4.86. The van der Waals surface area contributed by atoms with E-state index < -0.39 is 23.1 Å². The molecule has 1 saturated heterocycles. The Balaban J connectivity index is 1.58. The fraction of sp³-hybridized carbons (Fsp3) is 0.583. The molecule has 0 radical (unpaired) electrons. The number of hydrogen-bond acceptors (Lipinski definition) is 8. The number of hydrogen-bond donors (Lipinski definition) is 1. The topological polar surface area (TPSA) is 86.3 Å². The maximum atomic E-state index is 13.6. The highest BCUT2D eigenvalue weighted by atomic mass is 35.5. The molecule has 1 aliphatic carbocycles. The van der Waals surface area contributed by atoms with Crippen LogP contribution in [0.25, 0.3) is 0 Å². The van der Waals surface area contributed by atoms with E-state index in [4.69, 9.17) is 30.5 Å². The van der Waals surface area contributed by atoms with Gasteiger partial charge >= 0.3 is 0 Å². The van der Waals surface area contributed by atoms with Gasteiger partial charge in [0.05, 0.1) is 27.4 Å². The number of ketones is 2. The highest BCUT2D eigenvalue weighted by Gasteiger charge is 2.60. The van der Waals surface area contributed by atoms with Gasteiger partial charge in [0.2, 0.25) is 17.2 Å². The summed E-state index contributed by atoms with van der Waals surface area (Å²) in [5.74, 6) is -0.511. The van der Waals surface area contributed by atoms with Crippen molar-refractivity contribution >= 4 is 23.2 Å². The number of nitrogens with one attached hydrogen (secondary N) is 1. The summed E-state index contributed by atoms with van der Waals surface area (Å²) in [5, 5.41) is 3.59. The maximum Gasteiger partial charge on any atom is 0.236 e. The highest BCUT2D eigenvalue weighted by molar-refractivity contribution is 6.36. The van der Waals surface area contributed by atoms with E-state index in [1.165, 1.54) is 26.4 Å². The number of allylic oxidation sites excluding steroid dienone is 1. The lowest BCUT2D eigenvalue weighted by Crippen LogP contribution is -2.57. The van der Waals surface area contributed by atoms with Crippen LogP contribution in [0, 0.1) is 5.92 Å². The van der Waals surface area contributed by atoms with Crippen molar-refractivity contribution in [3.63, 3.8) is 0 Å². The average molecular weight is 479 g/mol. The van der Waals surface area contributed by atoms with Gasteiger partial charge in [-0.05, 0) is 20.3 Å². The number of morpholine rings is 1. The molecule has 1 spiro atoms. The first-order valence-corrected chi connectivity index (χ1v) is 11.5. The summed E-state index contributed by atoms with van der Waals surface area (Å²) in [6.07, 6.45) is 1.98. The van der Waals surface area contributed by atoms with Gasteiger partial charge in [-0.15, -0.1) is 0 Å². The molecule has 0 aromatic heterocycles.